The molecule has 1 N–H and O–H groups in total. The van der Waals surface area contributed by atoms with E-state index in [1.165, 1.54) is 18.3 Å². The largest absolute Gasteiger partial charge is 0.489 e. The van der Waals surface area contributed by atoms with Crippen LogP contribution in [0.15, 0.2) is 84.0 Å². The topological polar surface area (TPSA) is 74.5 Å². The molecule has 0 aliphatic carbocycles. The van der Waals surface area contributed by atoms with Crippen LogP contribution in [0.1, 0.15) is 22.6 Å². The molecule has 0 bridgehead atoms. The predicted octanol–water partition coefficient (Wildman–Crippen LogP) is 4.16. The van der Waals surface area contributed by atoms with Crippen molar-refractivity contribution in [2.24, 2.45) is 5.10 Å². The zero-order chi connectivity index (χ0) is 20.5. The summed E-state index contributed by atoms with van der Waals surface area (Å²) in [7, 11) is 0. The molecular weight excluding hydrogens is 369 g/mol. The quantitative estimate of drug-likeness (QED) is 0.489. The lowest BCUT2D eigenvalue weighted by atomic mass is 10.0. The monoisotopic (exact) mass is 387 g/mol. The first kappa shape index (κ1) is 19.8. The zero-order valence-corrected chi connectivity index (χ0v) is 15.5. The Balaban J connectivity index is 1.52. The first-order valence-electron chi connectivity index (χ1n) is 8.90. The summed E-state index contributed by atoms with van der Waals surface area (Å²) in [6.45, 7) is 0.332. The van der Waals surface area contributed by atoms with Gasteiger partial charge in [0.1, 0.15) is 18.2 Å². The Morgan fingerprint density at radius 3 is 2.41 bits per heavy atom. The number of rotatable bonds is 7. The molecule has 144 valence electrons. The van der Waals surface area contributed by atoms with Gasteiger partial charge in [0.25, 0.3) is 5.91 Å². The molecule has 3 rings (SSSR count). The number of hydrogen-bond donors (Lipinski definition) is 1. The van der Waals surface area contributed by atoms with Crippen LogP contribution in [0.4, 0.5) is 4.39 Å². The fourth-order valence-electron chi connectivity index (χ4n) is 2.56. The minimum absolute atomic E-state index is 0.283. The standard InChI is InChI=1S/C23H18FN3O2/c24-20-10-6-18(7-11-20)16-29-21-12-8-17(9-13-21)15-26-27-23(28)22(14-25)19-4-2-1-3-5-19/h1-13,15,22H,16H2,(H,27,28)/b26-15-/t22-/m0/s1. The molecule has 0 unspecified atom stereocenters. The van der Waals surface area contributed by atoms with E-state index >= 15 is 0 Å². The fourth-order valence-corrected chi connectivity index (χ4v) is 2.56. The van der Waals surface area contributed by atoms with Crippen LogP contribution in [0.25, 0.3) is 0 Å². The van der Waals surface area contributed by atoms with E-state index in [2.05, 4.69) is 10.5 Å². The van der Waals surface area contributed by atoms with E-state index < -0.39 is 11.8 Å². The van der Waals surface area contributed by atoms with Crippen LogP contribution in [-0.2, 0) is 11.4 Å². The maximum Gasteiger partial charge on any atom is 0.261 e. The number of halogens is 1. The lowest BCUT2D eigenvalue weighted by molar-refractivity contribution is -0.121. The second-order valence-electron chi connectivity index (χ2n) is 6.19. The third-order valence-corrected chi connectivity index (χ3v) is 4.11. The van der Waals surface area contributed by atoms with Crippen molar-refractivity contribution in [2.45, 2.75) is 12.5 Å². The van der Waals surface area contributed by atoms with Gasteiger partial charge in [-0.05, 0) is 53.1 Å². The summed E-state index contributed by atoms with van der Waals surface area (Å²) in [6.07, 6.45) is 1.49. The van der Waals surface area contributed by atoms with Gasteiger partial charge in [-0.25, -0.2) is 9.82 Å². The average molecular weight is 387 g/mol. The molecule has 29 heavy (non-hydrogen) atoms. The van der Waals surface area contributed by atoms with Crippen LogP contribution in [0.5, 0.6) is 5.75 Å². The molecule has 3 aromatic rings. The molecule has 5 nitrogen and oxygen atoms in total. The van der Waals surface area contributed by atoms with Crippen molar-refractivity contribution in [1.29, 1.82) is 5.26 Å². The van der Waals surface area contributed by atoms with Gasteiger partial charge < -0.3 is 4.74 Å². The Morgan fingerprint density at radius 1 is 1.07 bits per heavy atom. The molecule has 0 saturated carbocycles. The van der Waals surface area contributed by atoms with E-state index in [-0.39, 0.29) is 5.82 Å². The molecule has 3 aromatic carbocycles. The molecule has 0 fully saturated rings. The highest BCUT2D eigenvalue weighted by atomic mass is 19.1. The molecule has 0 aromatic heterocycles. The van der Waals surface area contributed by atoms with E-state index in [0.29, 0.717) is 17.9 Å². The van der Waals surface area contributed by atoms with Gasteiger partial charge in [0.15, 0.2) is 5.92 Å². The smallest absolute Gasteiger partial charge is 0.261 e. The van der Waals surface area contributed by atoms with Crippen molar-refractivity contribution in [2.75, 3.05) is 0 Å². The average Bonchev–Trinajstić information content (AvgIpc) is 2.75. The second-order valence-corrected chi connectivity index (χ2v) is 6.19. The Hall–Kier alpha value is -3.98. The van der Waals surface area contributed by atoms with Crippen LogP contribution >= 0.6 is 0 Å². The van der Waals surface area contributed by atoms with Crippen LogP contribution in [0.3, 0.4) is 0 Å². The summed E-state index contributed by atoms with van der Waals surface area (Å²) < 4.78 is 18.6. The molecule has 0 radical (unpaired) electrons. The molecule has 0 heterocycles. The van der Waals surface area contributed by atoms with Crippen molar-refractivity contribution < 1.29 is 13.9 Å². The highest BCUT2D eigenvalue weighted by Gasteiger charge is 2.19. The first-order chi connectivity index (χ1) is 14.2. The molecule has 1 amide bonds. The number of ether oxygens (including phenoxy) is 1. The highest BCUT2D eigenvalue weighted by Crippen LogP contribution is 2.15. The summed E-state index contributed by atoms with van der Waals surface area (Å²) in [4.78, 5) is 12.2. The predicted molar refractivity (Wildman–Crippen MR) is 108 cm³/mol. The maximum atomic E-state index is 12.9. The van der Waals surface area contributed by atoms with E-state index in [1.807, 2.05) is 12.1 Å². The minimum atomic E-state index is -0.921. The molecule has 6 heteroatoms. The van der Waals surface area contributed by atoms with Gasteiger partial charge in [-0.2, -0.15) is 10.4 Å². The van der Waals surface area contributed by atoms with Gasteiger partial charge in [0, 0.05) is 0 Å². The molecule has 0 aliphatic heterocycles. The number of carbonyl (C=O) groups is 1. The Bertz CT molecular complexity index is 1010. The number of hydrazone groups is 1. The van der Waals surface area contributed by atoms with Crippen molar-refractivity contribution in [3.8, 4) is 11.8 Å². The van der Waals surface area contributed by atoms with E-state index in [4.69, 9.17) is 4.74 Å². The molecule has 0 aliphatic rings. The van der Waals surface area contributed by atoms with Crippen molar-refractivity contribution in [1.82, 2.24) is 5.43 Å². The molecular formula is C23H18FN3O2. The summed E-state index contributed by atoms with van der Waals surface area (Å²) in [6, 6.07) is 24.0. The van der Waals surface area contributed by atoms with Gasteiger partial charge in [0.2, 0.25) is 0 Å². The van der Waals surface area contributed by atoms with Crippen molar-refractivity contribution >= 4 is 12.1 Å². The van der Waals surface area contributed by atoms with Gasteiger partial charge in [-0.1, -0.05) is 42.5 Å². The Labute approximate surface area is 168 Å². The third-order valence-electron chi connectivity index (χ3n) is 4.11. The number of hydrogen-bond acceptors (Lipinski definition) is 4. The van der Waals surface area contributed by atoms with Crippen molar-refractivity contribution in [3.05, 3.63) is 101 Å². The van der Waals surface area contributed by atoms with E-state index in [1.54, 1.807) is 60.7 Å². The molecule has 0 saturated heterocycles. The normalized spacial score (nSPS) is 11.6. The van der Waals surface area contributed by atoms with Gasteiger partial charge >= 0.3 is 0 Å². The molecule has 0 spiro atoms. The SMILES string of the molecule is N#C[C@H](C(=O)N/N=C\c1ccc(OCc2ccc(F)cc2)cc1)c1ccccc1. The number of nitrogens with one attached hydrogen (secondary N) is 1. The number of benzene rings is 3. The van der Waals surface area contributed by atoms with Crippen molar-refractivity contribution in [3.63, 3.8) is 0 Å². The maximum absolute atomic E-state index is 12.9. The summed E-state index contributed by atoms with van der Waals surface area (Å²) >= 11 is 0. The van der Waals surface area contributed by atoms with Crippen LogP contribution in [0.2, 0.25) is 0 Å². The third kappa shape index (κ3) is 5.75. The Kier molecular flexibility index (Phi) is 6.69. The number of nitrogens with zero attached hydrogens (tertiary/aromatic N) is 2. The second kappa shape index (κ2) is 9.81. The first-order valence-corrected chi connectivity index (χ1v) is 8.90. The summed E-state index contributed by atoms with van der Waals surface area (Å²) in [5.41, 5.74) is 4.63. The number of carbonyl (C=O) groups excluding carboxylic acids is 1. The fraction of sp³-hybridized carbons (Fsp3) is 0.0870. The van der Waals surface area contributed by atoms with Gasteiger partial charge in [-0.3, -0.25) is 4.79 Å². The highest BCUT2D eigenvalue weighted by molar-refractivity contribution is 5.88. The molecule has 1 atom stereocenters. The van der Waals surface area contributed by atoms with E-state index in [0.717, 1.165) is 11.1 Å². The van der Waals surface area contributed by atoms with Gasteiger partial charge in [0.05, 0.1) is 12.3 Å². The number of nitriles is 1. The van der Waals surface area contributed by atoms with Crippen LogP contribution in [0, 0.1) is 17.1 Å². The number of amides is 1. The summed E-state index contributed by atoms with van der Waals surface area (Å²) in [5.74, 6) is -1.04. The van der Waals surface area contributed by atoms with Gasteiger partial charge in [-0.15, -0.1) is 0 Å². The zero-order valence-electron chi connectivity index (χ0n) is 15.5. The minimum Gasteiger partial charge on any atom is -0.489 e. The summed E-state index contributed by atoms with van der Waals surface area (Å²) in [5, 5.41) is 13.2. The van der Waals surface area contributed by atoms with E-state index in [9.17, 15) is 14.4 Å². The lowest BCUT2D eigenvalue weighted by Crippen LogP contribution is -2.24. The lowest BCUT2D eigenvalue weighted by Gasteiger charge is -2.07. The Morgan fingerprint density at radius 2 is 1.76 bits per heavy atom. The van der Waals surface area contributed by atoms with Crippen LogP contribution in [-0.4, -0.2) is 12.1 Å². The van der Waals surface area contributed by atoms with Crippen LogP contribution < -0.4 is 10.2 Å².